The average Bonchev–Trinajstić information content (AvgIpc) is 2.57. The highest BCUT2D eigenvalue weighted by Gasteiger charge is 2.10. The van der Waals surface area contributed by atoms with Gasteiger partial charge in [0.05, 0.1) is 12.6 Å². The van der Waals surface area contributed by atoms with Crippen LogP contribution in [0.2, 0.25) is 0 Å². The van der Waals surface area contributed by atoms with Crippen LogP contribution in [-0.4, -0.2) is 20.5 Å². The van der Waals surface area contributed by atoms with Crippen molar-refractivity contribution in [3.63, 3.8) is 0 Å². The number of rotatable bonds is 5. The van der Waals surface area contributed by atoms with Gasteiger partial charge in [-0.25, -0.2) is 5.14 Å². The standard InChI is InChI=1S/C17H17N3O4S/c1-11-10-19-16-9-14(23-2)7-8-15(16)17(11)24-13-5-3-12(4-6-13)20-25(18,21)22/h3-10,20H,1-2H3,(H2,18,21,22). The predicted molar refractivity (Wildman–Crippen MR) is 96.3 cm³/mol. The van der Waals surface area contributed by atoms with Gasteiger partial charge in [0.1, 0.15) is 17.2 Å². The maximum Gasteiger partial charge on any atom is 0.296 e. The van der Waals surface area contributed by atoms with E-state index in [2.05, 4.69) is 9.71 Å². The SMILES string of the molecule is COc1ccc2c(Oc3ccc(NS(N)(=O)=O)cc3)c(C)cnc2c1. The number of aryl methyl sites for hydroxylation is 1. The lowest BCUT2D eigenvalue weighted by atomic mass is 10.1. The number of hydrogen-bond acceptors (Lipinski definition) is 5. The number of fused-ring (bicyclic) bond motifs is 1. The highest BCUT2D eigenvalue weighted by Crippen LogP contribution is 2.34. The quantitative estimate of drug-likeness (QED) is 0.729. The first-order chi connectivity index (χ1) is 11.9. The van der Waals surface area contributed by atoms with E-state index in [4.69, 9.17) is 14.6 Å². The number of methoxy groups -OCH3 is 1. The molecule has 0 radical (unpaired) electrons. The summed E-state index contributed by atoms with van der Waals surface area (Å²) in [6.45, 7) is 1.91. The molecule has 3 aromatic rings. The zero-order valence-corrected chi connectivity index (χ0v) is 14.5. The van der Waals surface area contributed by atoms with Gasteiger partial charge in [-0.3, -0.25) is 9.71 Å². The Morgan fingerprint density at radius 1 is 1.08 bits per heavy atom. The summed E-state index contributed by atoms with van der Waals surface area (Å²) in [5.74, 6) is 1.96. The fourth-order valence-corrected chi connectivity index (χ4v) is 2.85. The van der Waals surface area contributed by atoms with Crippen LogP contribution in [0, 0.1) is 6.92 Å². The molecule has 0 aliphatic carbocycles. The van der Waals surface area contributed by atoms with Crippen LogP contribution in [0.1, 0.15) is 5.56 Å². The van der Waals surface area contributed by atoms with Crippen molar-refractivity contribution < 1.29 is 17.9 Å². The Morgan fingerprint density at radius 3 is 2.40 bits per heavy atom. The second kappa shape index (κ2) is 6.58. The molecule has 0 saturated carbocycles. The maximum absolute atomic E-state index is 11.0. The third kappa shape index (κ3) is 3.98. The van der Waals surface area contributed by atoms with E-state index in [-0.39, 0.29) is 0 Å². The van der Waals surface area contributed by atoms with Crippen molar-refractivity contribution in [1.29, 1.82) is 0 Å². The number of benzene rings is 2. The molecule has 2 aromatic carbocycles. The normalized spacial score (nSPS) is 11.3. The van der Waals surface area contributed by atoms with E-state index in [1.165, 1.54) is 0 Å². The molecule has 8 heteroatoms. The minimum absolute atomic E-state index is 0.357. The van der Waals surface area contributed by atoms with Crippen LogP contribution in [-0.2, 0) is 10.2 Å². The molecule has 1 aromatic heterocycles. The molecule has 0 amide bonds. The smallest absolute Gasteiger partial charge is 0.296 e. The summed E-state index contributed by atoms with van der Waals surface area (Å²) in [7, 11) is -2.20. The van der Waals surface area contributed by atoms with Gasteiger partial charge in [0.25, 0.3) is 10.2 Å². The summed E-state index contributed by atoms with van der Waals surface area (Å²) >= 11 is 0. The predicted octanol–water partition coefficient (Wildman–Crippen LogP) is 2.96. The molecule has 3 rings (SSSR count). The number of pyridine rings is 1. The van der Waals surface area contributed by atoms with Crippen LogP contribution in [0.4, 0.5) is 5.69 Å². The summed E-state index contributed by atoms with van der Waals surface area (Å²) in [5, 5.41) is 5.80. The Bertz CT molecular complexity index is 1020. The fourth-order valence-electron chi connectivity index (χ4n) is 2.38. The second-order valence-corrected chi connectivity index (χ2v) is 6.72. The van der Waals surface area contributed by atoms with Crippen molar-refractivity contribution in [2.24, 2.45) is 5.14 Å². The molecule has 0 bridgehead atoms. The summed E-state index contributed by atoms with van der Waals surface area (Å²) in [6, 6.07) is 12.0. The van der Waals surface area contributed by atoms with Gasteiger partial charge in [-0.15, -0.1) is 0 Å². The van der Waals surface area contributed by atoms with Gasteiger partial charge in [0.15, 0.2) is 0 Å². The van der Waals surface area contributed by atoms with Gasteiger partial charge >= 0.3 is 0 Å². The molecular weight excluding hydrogens is 342 g/mol. The first-order valence-corrected chi connectivity index (χ1v) is 8.92. The zero-order valence-electron chi connectivity index (χ0n) is 13.7. The van der Waals surface area contributed by atoms with Crippen molar-refractivity contribution in [2.45, 2.75) is 6.92 Å². The Labute approximate surface area is 145 Å². The van der Waals surface area contributed by atoms with Crippen molar-refractivity contribution in [1.82, 2.24) is 4.98 Å². The van der Waals surface area contributed by atoms with E-state index < -0.39 is 10.2 Å². The Morgan fingerprint density at radius 2 is 1.76 bits per heavy atom. The molecular formula is C17H17N3O4S. The number of nitrogens with two attached hydrogens (primary N) is 1. The van der Waals surface area contributed by atoms with E-state index in [0.29, 0.717) is 22.9 Å². The molecule has 0 fully saturated rings. The number of hydrogen-bond donors (Lipinski definition) is 2. The van der Waals surface area contributed by atoms with Crippen molar-refractivity contribution in [2.75, 3.05) is 11.8 Å². The van der Waals surface area contributed by atoms with Gasteiger partial charge in [-0.2, -0.15) is 8.42 Å². The number of nitrogens with one attached hydrogen (secondary N) is 1. The molecule has 3 N–H and O–H groups in total. The van der Waals surface area contributed by atoms with Gasteiger partial charge < -0.3 is 9.47 Å². The van der Waals surface area contributed by atoms with E-state index in [1.54, 1.807) is 37.6 Å². The molecule has 0 saturated heterocycles. The van der Waals surface area contributed by atoms with E-state index in [0.717, 1.165) is 16.5 Å². The van der Waals surface area contributed by atoms with Crippen LogP contribution in [0.15, 0.2) is 48.7 Å². The number of nitrogens with zero attached hydrogens (tertiary/aromatic N) is 1. The summed E-state index contributed by atoms with van der Waals surface area (Å²) in [5.41, 5.74) is 1.99. The Balaban J connectivity index is 1.93. The largest absolute Gasteiger partial charge is 0.497 e. The first kappa shape index (κ1) is 17.0. The molecule has 25 heavy (non-hydrogen) atoms. The minimum Gasteiger partial charge on any atom is -0.497 e. The number of anilines is 1. The van der Waals surface area contributed by atoms with Crippen LogP contribution >= 0.6 is 0 Å². The summed E-state index contributed by atoms with van der Waals surface area (Å²) < 4.78 is 35.5. The lowest BCUT2D eigenvalue weighted by Crippen LogP contribution is -2.21. The van der Waals surface area contributed by atoms with Crippen molar-refractivity contribution in [3.8, 4) is 17.2 Å². The van der Waals surface area contributed by atoms with Crippen LogP contribution in [0.3, 0.4) is 0 Å². The molecule has 130 valence electrons. The van der Waals surface area contributed by atoms with Crippen LogP contribution in [0.25, 0.3) is 10.9 Å². The van der Waals surface area contributed by atoms with Gasteiger partial charge in [0.2, 0.25) is 0 Å². The molecule has 0 aliphatic rings. The lowest BCUT2D eigenvalue weighted by Gasteiger charge is -2.13. The van der Waals surface area contributed by atoms with E-state index >= 15 is 0 Å². The third-order valence-corrected chi connectivity index (χ3v) is 4.06. The van der Waals surface area contributed by atoms with Gasteiger partial charge in [-0.05, 0) is 43.3 Å². The summed E-state index contributed by atoms with van der Waals surface area (Å²) in [4.78, 5) is 4.40. The van der Waals surface area contributed by atoms with Gasteiger partial charge in [0, 0.05) is 28.9 Å². The number of ether oxygens (including phenoxy) is 2. The van der Waals surface area contributed by atoms with E-state index in [1.807, 2.05) is 25.1 Å². The van der Waals surface area contributed by atoms with Crippen molar-refractivity contribution in [3.05, 3.63) is 54.2 Å². The molecule has 0 unspecified atom stereocenters. The van der Waals surface area contributed by atoms with Crippen LogP contribution < -0.4 is 19.3 Å². The van der Waals surface area contributed by atoms with E-state index in [9.17, 15) is 8.42 Å². The summed E-state index contributed by atoms with van der Waals surface area (Å²) in [6.07, 6.45) is 1.73. The zero-order chi connectivity index (χ0) is 18.0. The topological polar surface area (TPSA) is 104 Å². The van der Waals surface area contributed by atoms with Gasteiger partial charge in [-0.1, -0.05) is 0 Å². The molecule has 1 heterocycles. The van der Waals surface area contributed by atoms with Crippen molar-refractivity contribution >= 4 is 26.8 Å². The first-order valence-electron chi connectivity index (χ1n) is 7.37. The Kier molecular flexibility index (Phi) is 4.47. The monoisotopic (exact) mass is 359 g/mol. The highest BCUT2D eigenvalue weighted by atomic mass is 32.2. The minimum atomic E-state index is -3.80. The Hall–Kier alpha value is -2.84. The third-order valence-electron chi connectivity index (χ3n) is 3.54. The molecule has 0 aliphatic heterocycles. The molecule has 0 atom stereocenters. The number of aromatic nitrogens is 1. The lowest BCUT2D eigenvalue weighted by molar-refractivity contribution is 0.415. The molecule has 0 spiro atoms. The van der Waals surface area contributed by atoms with Crippen LogP contribution in [0.5, 0.6) is 17.2 Å². The fraction of sp³-hybridized carbons (Fsp3) is 0.118. The highest BCUT2D eigenvalue weighted by molar-refractivity contribution is 7.90. The average molecular weight is 359 g/mol. The molecule has 7 nitrogen and oxygen atoms in total. The second-order valence-electron chi connectivity index (χ2n) is 5.43. The maximum atomic E-state index is 11.0.